The van der Waals surface area contributed by atoms with Crippen LogP contribution in [0.2, 0.25) is 0 Å². The van der Waals surface area contributed by atoms with Crippen molar-refractivity contribution in [1.82, 2.24) is 0 Å². The molecule has 1 atom stereocenters. The predicted octanol–water partition coefficient (Wildman–Crippen LogP) is 2.07. The quantitative estimate of drug-likeness (QED) is 0.626. The molecule has 0 radical (unpaired) electrons. The van der Waals surface area contributed by atoms with Crippen molar-refractivity contribution in [2.24, 2.45) is 0 Å². The summed E-state index contributed by atoms with van der Waals surface area (Å²) in [5.41, 5.74) is 2.77. The van der Waals surface area contributed by atoms with Crippen LogP contribution < -0.4 is 0 Å². The van der Waals surface area contributed by atoms with Crippen molar-refractivity contribution in [1.29, 1.82) is 0 Å². The summed E-state index contributed by atoms with van der Waals surface area (Å²) in [6, 6.07) is 5.63. The van der Waals surface area contributed by atoms with E-state index in [1.54, 1.807) is 6.07 Å². The van der Waals surface area contributed by atoms with Crippen LogP contribution in [0.5, 0.6) is 0 Å². The molecular formula is C13H16O3. The molecule has 0 saturated heterocycles. The van der Waals surface area contributed by atoms with Crippen LogP contribution in [0.25, 0.3) is 0 Å². The lowest BCUT2D eigenvalue weighted by molar-refractivity contribution is -0.137. The van der Waals surface area contributed by atoms with Crippen LogP contribution >= 0.6 is 0 Å². The highest BCUT2D eigenvalue weighted by molar-refractivity contribution is 5.89. The summed E-state index contributed by atoms with van der Waals surface area (Å²) in [5, 5.41) is 9.96. The van der Waals surface area contributed by atoms with Gasteiger partial charge in [-0.1, -0.05) is 30.3 Å². The third-order valence-electron chi connectivity index (χ3n) is 2.50. The summed E-state index contributed by atoms with van der Waals surface area (Å²) in [6.07, 6.45) is -1.01. The molecule has 0 fully saturated rings. The SMILES string of the molecule is C=C(C(=O)OC)C(O)c1ccc(C)cc1C. The predicted molar refractivity (Wildman–Crippen MR) is 62.0 cm³/mol. The third-order valence-corrected chi connectivity index (χ3v) is 2.50. The van der Waals surface area contributed by atoms with Gasteiger partial charge in [-0.25, -0.2) is 4.79 Å². The number of aliphatic hydroxyl groups excluding tert-OH is 1. The number of hydrogen-bond acceptors (Lipinski definition) is 3. The zero-order valence-electron chi connectivity index (χ0n) is 9.78. The van der Waals surface area contributed by atoms with Gasteiger partial charge < -0.3 is 9.84 Å². The largest absolute Gasteiger partial charge is 0.466 e. The van der Waals surface area contributed by atoms with E-state index in [9.17, 15) is 9.90 Å². The van der Waals surface area contributed by atoms with E-state index in [1.807, 2.05) is 26.0 Å². The molecule has 0 aliphatic heterocycles. The van der Waals surface area contributed by atoms with E-state index >= 15 is 0 Å². The van der Waals surface area contributed by atoms with Gasteiger partial charge in [0, 0.05) is 0 Å². The Hall–Kier alpha value is -1.61. The third kappa shape index (κ3) is 2.49. The van der Waals surface area contributed by atoms with Crippen molar-refractivity contribution in [2.45, 2.75) is 20.0 Å². The van der Waals surface area contributed by atoms with Crippen molar-refractivity contribution in [3.8, 4) is 0 Å². The molecule has 1 aromatic carbocycles. The summed E-state index contributed by atoms with van der Waals surface area (Å²) >= 11 is 0. The van der Waals surface area contributed by atoms with Gasteiger partial charge in [0.05, 0.1) is 12.7 Å². The molecule has 1 rings (SSSR count). The van der Waals surface area contributed by atoms with Gasteiger partial charge in [0.2, 0.25) is 0 Å². The molecule has 16 heavy (non-hydrogen) atoms. The van der Waals surface area contributed by atoms with Crippen LogP contribution in [0, 0.1) is 13.8 Å². The normalized spacial score (nSPS) is 12.0. The molecule has 0 saturated carbocycles. The van der Waals surface area contributed by atoms with E-state index < -0.39 is 12.1 Å². The van der Waals surface area contributed by atoms with Gasteiger partial charge in [-0.15, -0.1) is 0 Å². The Morgan fingerprint density at radius 1 is 1.44 bits per heavy atom. The number of rotatable bonds is 3. The molecule has 0 aliphatic carbocycles. The van der Waals surface area contributed by atoms with E-state index in [1.165, 1.54) is 7.11 Å². The second-order valence-electron chi connectivity index (χ2n) is 3.78. The highest BCUT2D eigenvalue weighted by Gasteiger charge is 2.20. The highest BCUT2D eigenvalue weighted by Crippen LogP contribution is 2.24. The summed E-state index contributed by atoms with van der Waals surface area (Å²) in [5.74, 6) is -0.590. The van der Waals surface area contributed by atoms with Crippen molar-refractivity contribution < 1.29 is 14.6 Å². The van der Waals surface area contributed by atoms with Gasteiger partial charge in [-0.3, -0.25) is 0 Å². The molecule has 0 aromatic heterocycles. The van der Waals surface area contributed by atoms with Gasteiger partial charge in [-0.05, 0) is 25.0 Å². The van der Waals surface area contributed by atoms with Crippen LogP contribution in [0.15, 0.2) is 30.4 Å². The number of carbonyl (C=O) groups is 1. The van der Waals surface area contributed by atoms with E-state index in [4.69, 9.17) is 0 Å². The fraction of sp³-hybridized carbons (Fsp3) is 0.308. The lowest BCUT2D eigenvalue weighted by Gasteiger charge is -2.15. The van der Waals surface area contributed by atoms with Crippen LogP contribution in [-0.2, 0) is 9.53 Å². The number of hydrogen-bond donors (Lipinski definition) is 1. The topological polar surface area (TPSA) is 46.5 Å². The summed E-state index contributed by atoms with van der Waals surface area (Å²) in [7, 11) is 1.27. The Morgan fingerprint density at radius 3 is 2.56 bits per heavy atom. The first kappa shape index (κ1) is 12.5. The van der Waals surface area contributed by atoms with Crippen molar-refractivity contribution in [2.75, 3.05) is 7.11 Å². The van der Waals surface area contributed by atoms with E-state index in [0.29, 0.717) is 5.56 Å². The second-order valence-corrected chi connectivity index (χ2v) is 3.78. The van der Waals surface area contributed by atoms with Crippen LogP contribution in [0.4, 0.5) is 0 Å². The van der Waals surface area contributed by atoms with Gasteiger partial charge >= 0.3 is 5.97 Å². The maximum Gasteiger partial charge on any atom is 0.336 e. The Morgan fingerprint density at radius 2 is 2.06 bits per heavy atom. The van der Waals surface area contributed by atoms with E-state index in [-0.39, 0.29) is 5.57 Å². The number of ether oxygens (including phenoxy) is 1. The molecule has 1 aromatic rings. The zero-order valence-corrected chi connectivity index (χ0v) is 9.78. The Balaban J connectivity index is 3.01. The van der Waals surface area contributed by atoms with Crippen molar-refractivity contribution in [3.05, 3.63) is 47.0 Å². The second kappa shape index (κ2) is 4.94. The Kier molecular flexibility index (Phi) is 3.85. The molecule has 0 spiro atoms. The number of benzene rings is 1. The minimum absolute atomic E-state index is 0.0504. The van der Waals surface area contributed by atoms with Gasteiger partial charge in [-0.2, -0.15) is 0 Å². The maximum absolute atomic E-state index is 11.2. The highest BCUT2D eigenvalue weighted by atomic mass is 16.5. The van der Waals surface area contributed by atoms with Gasteiger partial charge in [0.25, 0.3) is 0 Å². The molecule has 0 aliphatic rings. The number of aliphatic hydroxyl groups is 1. The van der Waals surface area contributed by atoms with Crippen LogP contribution in [0.3, 0.4) is 0 Å². The fourth-order valence-corrected chi connectivity index (χ4v) is 1.56. The molecule has 3 nitrogen and oxygen atoms in total. The number of methoxy groups -OCH3 is 1. The fourth-order valence-electron chi connectivity index (χ4n) is 1.56. The maximum atomic E-state index is 11.2. The molecule has 86 valence electrons. The van der Waals surface area contributed by atoms with E-state index in [2.05, 4.69) is 11.3 Å². The molecule has 1 unspecified atom stereocenters. The molecular weight excluding hydrogens is 204 g/mol. The Labute approximate surface area is 95.4 Å². The summed E-state index contributed by atoms with van der Waals surface area (Å²) in [4.78, 5) is 11.2. The lowest BCUT2D eigenvalue weighted by atomic mass is 9.97. The monoisotopic (exact) mass is 220 g/mol. The number of aryl methyl sites for hydroxylation is 2. The minimum atomic E-state index is -1.01. The zero-order chi connectivity index (χ0) is 12.3. The van der Waals surface area contributed by atoms with Crippen molar-refractivity contribution >= 4 is 5.97 Å². The lowest BCUT2D eigenvalue weighted by Crippen LogP contribution is -2.12. The first-order valence-electron chi connectivity index (χ1n) is 4.99. The Bertz CT molecular complexity index is 421. The van der Waals surface area contributed by atoms with Crippen molar-refractivity contribution in [3.63, 3.8) is 0 Å². The minimum Gasteiger partial charge on any atom is -0.466 e. The standard InChI is InChI=1S/C13H16O3/c1-8-5-6-11(9(2)7-8)12(14)10(3)13(15)16-4/h5-7,12,14H,3H2,1-2,4H3. The van der Waals surface area contributed by atoms with E-state index in [0.717, 1.165) is 11.1 Å². The number of carbonyl (C=O) groups excluding carboxylic acids is 1. The molecule has 0 heterocycles. The average Bonchev–Trinajstić information content (AvgIpc) is 2.26. The van der Waals surface area contributed by atoms with Gasteiger partial charge in [0.1, 0.15) is 6.10 Å². The first-order valence-corrected chi connectivity index (χ1v) is 4.99. The number of esters is 1. The summed E-state index contributed by atoms with van der Waals surface area (Å²) < 4.78 is 4.52. The molecule has 0 amide bonds. The molecule has 0 bridgehead atoms. The average molecular weight is 220 g/mol. The van der Waals surface area contributed by atoms with Crippen LogP contribution in [0.1, 0.15) is 22.8 Å². The molecule has 1 N–H and O–H groups in total. The molecule has 3 heteroatoms. The van der Waals surface area contributed by atoms with Gasteiger partial charge in [0.15, 0.2) is 0 Å². The van der Waals surface area contributed by atoms with Crippen LogP contribution in [-0.4, -0.2) is 18.2 Å². The summed E-state index contributed by atoms with van der Waals surface area (Å²) in [6.45, 7) is 7.40. The smallest absolute Gasteiger partial charge is 0.336 e. The first-order chi connectivity index (χ1) is 7.47.